The lowest BCUT2D eigenvalue weighted by molar-refractivity contribution is 0.833. The minimum absolute atomic E-state index is 0.420. The summed E-state index contributed by atoms with van der Waals surface area (Å²) in [5.41, 5.74) is 8.93. The zero-order chi connectivity index (χ0) is 13.4. The van der Waals surface area contributed by atoms with E-state index in [1.54, 1.807) is 11.8 Å². The number of aromatic nitrogens is 2. The number of benzene rings is 1. The van der Waals surface area contributed by atoms with Crippen LogP contribution in [0.1, 0.15) is 30.0 Å². The third-order valence-electron chi connectivity index (χ3n) is 3.32. The predicted octanol–water partition coefficient (Wildman–Crippen LogP) is 3.11. The molecule has 1 aromatic heterocycles. The molecule has 98 valence electrons. The predicted molar refractivity (Wildman–Crippen MR) is 83.2 cm³/mol. The molecule has 5 heteroatoms. The normalized spacial score (nSPS) is 14.6. The van der Waals surface area contributed by atoms with E-state index >= 15 is 0 Å². The fourth-order valence-corrected chi connectivity index (χ4v) is 3.11. The Kier molecular flexibility index (Phi) is 3.33. The van der Waals surface area contributed by atoms with Crippen LogP contribution in [-0.4, -0.2) is 21.0 Å². The van der Waals surface area contributed by atoms with Crippen molar-refractivity contribution in [3.05, 3.63) is 41.7 Å². The van der Waals surface area contributed by atoms with Gasteiger partial charge in [0.15, 0.2) is 0 Å². The van der Waals surface area contributed by atoms with Gasteiger partial charge in [0.2, 0.25) is 0 Å². The van der Waals surface area contributed by atoms with Crippen LogP contribution in [0.25, 0.3) is 5.69 Å². The van der Waals surface area contributed by atoms with Gasteiger partial charge in [-0.25, -0.2) is 4.68 Å². The highest BCUT2D eigenvalue weighted by Crippen LogP contribution is 2.39. The molecule has 19 heavy (non-hydrogen) atoms. The van der Waals surface area contributed by atoms with E-state index in [0.29, 0.717) is 10.9 Å². The topological polar surface area (TPSA) is 43.8 Å². The molecule has 1 saturated carbocycles. The minimum Gasteiger partial charge on any atom is -0.389 e. The molecule has 0 aliphatic heterocycles. The van der Waals surface area contributed by atoms with E-state index in [1.807, 2.05) is 35.3 Å². The van der Waals surface area contributed by atoms with Crippen molar-refractivity contribution in [2.45, 2.75) is 23.7 Å². The first kappa shape index (κ1) is 12.7. The summed E-state index contributed by atoms with van der Waals surface area (Å²) >= 11 is 6.85. The monoisotopic (exact) mass is 289 g/mol. The minimum atomic E-state index is 0.420. The highest BCUT2D eigenvalue weighted by atomic mass is 32.2. The molecule has 0 spiro atoms. The van der Waals surface area contributed by atoms with Gasteiger partial charge in [0, 0.05) is 22.6 Å². The van der Waals surface area contributed by atoms with E-state index in [0.717, 1.165) is 16.1 Å². The molecule has 0 saturated heterocycles. The molecule has 0 bridgehead atoms. The van der Waals surface area contributed by atoms with Crippen LogP contribution in [-0.2, 0) is 0 Å². The summed E-state index contributed by atoms with van der Waals surface area (Å²) in [6.07, 6.45) is 6.53. The van der Waals surface area contributed by atoms with Crippen molar-refractivity contribution in [3.8, 4) is 5.69 Å². The van der Waals surface area contributed by atoms with Gasteiger partial charge in [-0.3, -0.25) is 0 Å². The van der Waals surface area contributed by atoms with Crippen LogP contribution < -0.4 is 5.73 Å². The van der Waals surface area contributed by atoms with E-state index in [4.69, 9.17) is 18.0 Å². The van der Waals surface area contributed by atoms with Gasteiger partial charge in [-0.2, -0.15) is 5.10 Å². The molecule has 1 aliphatic carbocycles. The van der Waals surface area contributed by atoms with E-state index < -0.39 is 0 Å². The van der Waals surface area contributed by atoms with Gasteiger partial charge in [0.05, 0.1) is 11.4 Å². The molecule has 0 radical (unpaired) electrons. The van der Waals surface area contributed by atoms with Crippen LogP contribution in [0.5, 0.6) is 0 Å². The molecular weight excluding hydrogens is 274 g/mol. The Balaban J connectivity index is 2.09. The fourth-order valence-electron chi connectivity index (χ4n) is 2.20. The van der Waals surface area contributed by atoms with E-state index in [-0.39, 0.29) is 0 Å². The molecule has 0 unspecified atom stereocenters. The Bertz CT molecular complexity index is 629. The Morgan fingerprint density at radius 2 is 2.21 bits per heavy atom. The molecule has 3 rings (SSSR count). The van der Waals surface area contributed by atoms with Crippen LogP contribution in [0.4, 0.5) is 0 Å². The number of hydrogen-bond donors (Lipinski definition) is 1. The third-order valence-corrected chi connectivity index (χ3v) is 4.31. The summed E-state index contributed by atoms with van der Waals surface area (Å²) in [5, 5.41) is 4.65. The zero-order valence-corrected chi connectivity index (χ0v) is 12.3. The second-order valence-electron chi connectivity index (χ2n) is 4.68. The summed E-state index contributed by atoms with van der Waals surface area (Å²) < 4.78 is 1.89. The molecule has 2 N–H and O–H groups in total. The highest BCUT2D eigenvalue weighted by molar-refractivity contribution is 7.98. The second kappa shape index (κ2) is 4.98. The van der Waals surface area contributed by atoms with E-state index in [1.165, 1.54) is 18.5 Å². The van der Waals surface area contributed by atoms with Gasteiger partial charge in [0.1, 0.15) is 4.99 Å². The van der Waals surface area contributed by atoms with E-state index in [9.17, 15) is 0 Å². The maximum Gasteiger partial charge on any atom is 0.107 e. The van der Waals surface area contributed by atoms with Crippen LogP contribution >= 0.6 is 24.0 Å². The number of nitrogens with zero attached hydrogens (tertiary/aromatic N) is 2. The molecule has 0 atom stereocenters. The van der Waals surface area contributed by atoms with Gasteiger partial charge in [-0.05, 0) is 37.3 Å². The molecular formula is C14H15N3S2. The van der Waals surface area contributed by atoms with Crippen molar-refractivity contribution in [2.24, 2.45) is 5.73 Å². The average molecular weight is 289 g/mol. The number of nitrogens with two attached hydrogens (primary N) is 1. The van der Waals surface area contributed by atoms with E-state index in [2.05, 4.69) is 11.2 Å². The van der Waals surface area contributed by atoms with Crippen LogP contribution in [0.3, 0.4) is 0 Å². The molecule has 1 aromatic carbocycles. The zero-order valence-electron chi connectivity index (χ0n) is 10.7. The van der Waals surface area contributed by atoms with Gasteiger partial charge >= 0.3 is 0 Å². The quantitative estimate of drug-likeness (QED) is 0.694. The van der Waals surface area contributed by atoms with Gasteiger partial charge < -0.3 is 5.73 Å². The lowest BCUT2D eigenvalue weighted by Gasteiger charge is -2.12. The van der Waals surface area contributed by atoms with Crippen molar-refractivity contribution in [1.29, 1.82) is 0 Å². The maximum atomic E-state index is 5.88. The first-order valence-electron chi connectivity index (χ1n) is 6.23. The average Bonchev–Trinajstić information content (AvgIpc) is 3.15. The van der Waals surface area contributed by atoms with Crippen LogP contribution in [0.15, 0.2) is 35.4 Å². The Labute approximate surface area is 122 Å². The van der Waals surface area contributed by atoms with Crippen molar-refractivity contribution in [1.82, 2.24) is 9.78 Å². The fraction of sp³-hybridized carbons (Fsp3) is 0.286. The lowest BCUT2D eigenvalue weighted by Crippen LogP contribution is -2.15. The second-order valence-corrected chi connectivity index (χ2v) is 5.97. The number of rotatable bonds is 4. The summed E-state index contributed by atoms with van der Waals surface area (Å²) in [7, 11) is 0. The summed E-state index contributed by atoms with van der Waals surface area (Å²) in [6.45, 7) is 0. The van der Waals surface area contributed by atoms with Crippen LogP contribution in [0, 0.1) is 0 Å². The Morgan fingerprint density at radius 1 is 1.42 bits per heavy atom. The smallest absolute Gasteiger partial charge is 0.107 e. The standard InChI is InChI=1S/C14H15N3S2/c1-19-12-4-2-3-11(13(12)14(15)18)17-8-7-10(16-17)9-5-6-9/h2-4,7-9H,5-6H2,1H3,(H2,15,18). The number of thiocarbonyl (C=S) groups is 1. The third kappa shape index (κ3) is 2.40. The Hall–Kier alpha value is -1.33. The SMILES string of the molecule is CSc1cccc(-n2ccc(C3CC3)n2)c1C(N)=S. The summed E-state index contributed by atoms with van der Waals surface area (Å²) in [6, 6.07) is 8.15. The van der Waals surface area contributed by atoms with Crippen LogP contribution in [0.2, 0.25) is 0 Å². The maximum absolute atomic E-state index is 5.88. The van der Waals surface area contributed by atoms with Gasteiger partial charge in [-0.15, -0.1) is 11.8 Å². The summed E-state index contributed by atoms with van der Waals surface area (Å²) in [5.74, 6) is 0.651. The summed E-state index contributed by atoms with van der Waals surface area (Å²) in [4.78, 5) is 1.51. The molecule has 1 heterocycles. The van der Waals surface area contributed by atoms with Crippen molar-refractivity contribution in [3.63, 3.8) is 0 Å². The van der Waals surface area contributed by atoms with Gasteiger partial charge in [-0.1, -0.05) is 18.3 Å². The largest absolute Gasteiger partial charge is 0.389 e. The lowest BCUT2D eigenvalue weighted by atomic mass is 10.2. The van der Waals surface area contributed by atoms with Crippen molar-refractivity contribution in [2.75, 3.05) is 6.26 Å². The van der Waals surface area contributed by atoms with Crippen molar-refractivity contribution < 1.29 is 0 Å². The first-order chi connectivity index (χ1) is 9.20. The van der Waals surface area contributed by atoms with Crippen molar-refractivity contribution >= 4 is 29.0 Å². The number of thioether (sulfide) groups is 1. The molecule has 3 nitrogen and oxygen atoms in total. The first-order valence-corrected chi connectivity index (χ1v) is 7.86. The molecule has 1 aliphatic rings. The molecule has 1 fully saturated rings. The number of hydrogen-bond acceptors (Lipinski definition) is 3. The molecule has 0 amide bonds. The highest BCUT2D eigenvalue weighted by Gasteiger charge is 2.26. The van der Waals surface area contributed by atoms with Gasteiger partial charge in [0.25, 0.3) is 0 Å². The molecule has 2 aromatic rings. The Morgan fingerprint density at radius 3 is 2.84 bits per heavy atom.